The molecule has 3 aromatic rings. The number of fused-ring (bicyclic) bond motifs is 1. The average Bonchev–Trinajstić information content (AvgIpc) is 2.81. The first kappa shape index (κ1) is 25.8. The predicted molar refractivity (Wildman–Crippen MR) is 143 cm³/mol. The van der Waals surface area contributed by atoms with E-state index in [1.807, 2.05) is 65.0 Å². The number of para-hydroxylation sites is 1. The first-order valence-electron chi connectivity index (χ1n) is 12.3. The number of sulfonamides is 1. The van der Waals surface area contributed by atoms with Gasteiger partial charge in [-0.2, -0.15) is 0 Å². The van der Waals surface area contributed by atoms with E-state index in [1.54, 1.807) is 36.4 Å². The van der Waals surface area contributed by atoms with Gasteiger partial charge in [0.1, 0.15) is 17.9 Å². The van der Waals surface area contributed by atoms with Crippen LogP contribution in [0.4, 0.5) is 5.69 Å². The molecule has 0 aliphatic carbocycles. The molecule has 1 atom stereocenters. The largest absolute Gasteiger partial charge is 0.487 e. The highest BCUT2D eigenvalue weighted by atomic mass is 32.2. The number of benzene rings is 3. The lowest BCUT2D eigenvalue weighted by molar-refractivity contribution is -0.120. The number of hydrogen-bond donors (Lipinski definition) is 1. The average molecular weight is 507 g/mol. The van der Waals surface area contributed by atoms with Crippen molar-refractivity contribution in [2.75, 3.05) is 10.8 Å². The van der Waals surface area contributed by atoms with Crippen LogP contribution >= 0.6 is 0 Å². The smallest absolute Gasteiger partial charge is 0.264 e. The van der Waals surface area contributed by atoms with Gasteiger partial charge in [-0.15, -0.1) is 0 Å². The van der Waals surface area contributed by atoms with Crippen molar-refractivity contribution in [2.45, 2.75) is 64.0 Å². The molecule has 36 heavy (non-hydrogen) atoms. The Morgan fingerprint density at radius 1 is 1.03 bits per heavy atom. The maximum atomic E-state index is 13.8. The molecule has 7 heteroatoms. The molecule has 0 radical (unpaired) electrons. The first-order chi connectivity index (χ1) is 17.0. The number of amides is 1. The second kappa shape index (κ2) is 9.97. The van der Waals surface area contributed by atoms with Gasteiger partial charge in [0.2, 0.25) is 5.91 Å². The fourth-order valence-electron chi connectivity index (χ4n) is 4.65. The van der Waals surface area contributed by atoms with Gasteiger partial charge in [0.25, 0.3) is 10.0 Å². The number of ether oxygens (including phenoxy) is 1. The second-order valence-corrected chi connectivity index (χ2v) is 11.9. The van der Waals surface area contributed by atoms with Gasteiger partial charge in [0, 0.05) is 12.0 Å². The topological polar surface area (TPSA) is 75.7 Å². The van der Waals surface area contributed by atoms with Crippen molar-refractivity contribution in [1.29, 1.82) is 0 Å². The molecular formula is C29H34N2O4S. The minimum Gasteiger partial charge on any atom is -0.487 e. The Balaban J connectivity index is 1.68. The van der Waals surface area contributed by atoms with Crippen LogP contribution in [0.15, 0.2) is 71.6 Å². The first-order valence-corrected chi connectivity index (χ1v) is 13.7. The van der Waals surface area contributed by atoms with E-state index in [0.717, 1.165) is 28.0 Å². The third-order valence-electron chi connectivity index (χ3n) is 6.50. The van der Waals surface area contributed by atoms with E-state index < -0.39 is 15.6 Å². The minimum absolute atomic E-state index is 0.153. The fraction of sp³-hybridized carbons (Fsp3) is 0.345. The van der Waals surface area contributed by atoms with E-state index in [2.05, 4.69) is 5.32 Å². The maximum Gasteiger partial charge on any atom is 0.264 e. The highest BCUT2D eigenvalue weighted by molar-refractivity contribution is 7.92. The summed E-state index contributed by atoms with van der Waals surface area (Å²) in [6.45, 7) is 9.53. The summed E-state index contributed by atoms with van der Waals surface area (Å²) in [5, 5.41) is 3.10. The summed E-state index contributed by atoms with van der Waals surface area (Å²) in [5.41, 5.74) is 3.83. The predicted octanol–water partition coefficient (Wildman–Crippen LogP) is 5.48. The van der Waals surface area contributed by atoms with Gasteiger partial charge in [0.05, 0.1) is 16.6 Å². The molecule has 0 saturated carbocycles. The van der Waals surface area contributed by atoms with Gasteiger partial charge in [0.15, 0.2) is 0 Å². The number of nitrogens with zero attached hydrogens (tertiary/aromatic N) is 1. The molecule has 0 bridgehead atoms. The SMILES string of the molecule is CCc1ccccc1N(CC(=O)NC1CC(C)(C)Oc2cc(C)ccc21)S(=O)(=O)c1ccc(C)cc1. The summed E-state index contributed by atoms with van der Waals surface area (Å²) >= 11 is 0. The molecule has 0 spiro atoms. The van der Waals surface area contributed by atoms with Gasteiger partial charge in [-0.3, -0.25) is 9.10 Å². The number of aryl methyl sites for hydroxylation is 3. The van der Waals surface area contributed by atoms with Crippen LogP contribution in [-0.4, -0.2) is 26.5 Å². The van der Waals surface area contributed by atoms with Crippen molar-refractivity contribution in [1.82, 2.24) is 5.32 Å². The minimum atomic E-state index is -3.98. The zero-order chi connectivity index (χ0) is 26.1. The van der Waals surface area contributed by atoms with E-state index in [-0.39, 0.29) is 23.4 Å². The van der Waals surface area contributed by atoms with Gasteiger partial charge >= 0.3 is 0 Å². The van der Waals surface area contributed by atoms with Gasteiger partial charge in [-0.05, 0) is 69.5 Å². The monoisotopic (exact) mass is 506 g/mol. The number of hydrogen-bond acceptors (Lipinski definition) is 4. The summed E-state index contributed by atoms with van der Waals surface area (Å²) < 4.78 is 35.0. The molecule has 1 N–H and O–H groups in total. The third-order valence-corrected chi connectivity index (χ3v) is 8.27. The van der Waals surface area contributed by atoms with Crippen LogP contribution < -0.4 is 14.4 Å². The normalized spacial score (nSPS) is 16.5. The molecule has 6 nitrogen and oxygen atoms in total. The molecule has 190 valence electrons. The molecule has 1 heterocycles. The van der Waals surface area contributed by atoms with Crippen LogP contribution in [0.3, 0.4) is 0 Å². The zero-order valence-corrected chi connectivity index (χ0v) is 22.4. The van der Waals surface area contributed by atoms with Crippen LogP contribution in [0.5, 0.6) is 5.75 Å². The molecule has 4 rings (SSSR count). The zero-order valence-electron chi connectivity index (χ0n) is 21.5. The van der Waals surface area contributed by atoms with Gasteiger partial charge in [-0.25, -0.2) is 8.42 Å². The van der Waals surface area contributed by atoms with Crippen molar-refractivity contribution in [2.24, 2.45) is 0 Å². The van der Waals surface area contributed by atoms with Crippen LogP contribution in [0.25, 0.3) is 0 Å². The Kier molecular flexibility index (Phi) is 7.14. The van der Waals surface area contributed by atoms with Crippen LogP contribution in [0.2, 0.25) is 0 Å². The summed E-state index contributed by atoms with van der Waals surface area (Å²) in [6.07, 6.45) is 1.21. The molecule has 1 amide bonds. The molecule has 1 unspecified atom stereocenters. The number of nitrogens with one attached hydrogen (secondary N) is 1. The van der Waals surface area contributed by atoms with Crippen molar-refractivity contribution < 1.29 is 17.9 Å². The Labute approximate surface area is 214 Å². The Hall–Kier alpha value is -3.32. The standard InChI is InChI=1S/C29H34N2O4S/c1-6-22-9-7-8-10-26(22)31(36(33,34)23-14-11-20(2)12-15-23)19-28(32)30-25-18-29(4,5)35-27-17-21(3)13-16-24(25)27/h7-17,25H,6,18-19H2,1-5H3,(H,30,32). The Morgan fingerprint density at radius 2 is 1.69 bits per heavy atom. The van der Waals surface area contributed by atoms with Crippen molar-refractivity contribution in [3.63, 3.8) is 0 Å². The van der Waals surface area contributed by atoms with Crippen molar-refractivity contribution in [3.8, 4) is 5.75 Å². The molecular weight excluding hydrogens is 472 g/mol. The summed E-state index contributed by atoms with van der Waals surface area (Å²) in [6, 6.07) is 19.7. The third kappa shape index (κ3) is 5.41. The number of rotatable bonds is 7. The van der Waals surface area contributed by atoms with Gasteiger partial charge in [-0.1, -0.05) is 55.0 Å². The van der Waals surface area contributed by atoms with Crippen molar-refractivity contribution >= 4 is 21.6 Å². The second-order valence-electron chi connectivity index (χ2n) is 10.0. The number of carbonyl (C=O) groups excluding carboxylic acids is 1. The van der Waals surface area contributed by atoms with E-state index in [1.165, 1.54) is 4.31 Å². The maximum absolute atomic E-state index is 13.8. The summed E-state index contributed by atoms with van der Waals surface area (Å²) in [7, 11) is -3.98. The van der Waals surface area contributed by atoms with Crippen molar-refractivity contribution in [3.05, 3.63) is 89.0 Å². The molecule has 3 aromatic carbocycles. The van der Waals surface area contributed by atoms with E-state index in [4.69, 9.17) is 4.74 Å². The lowest BCUT2D eigenvalue weighted by Crippen LogP contribution is -2.45. The van der Waals surface area contributed by atoms with Crippen LogP contribution in [0.1, 0.15) is 55.5 Å². The highest BCUT2D eigenvalue weighted by Crippen LogP contribution is 2.40. The summed E-state index contributed by atoms with van der Waals surface area (Å²) in [5.74, 6) is 0.378. The van der Waals surface area contributed by atoms with E-state index in [0.29, 0.717) is 18.5 Å². The van der Waals surface area contributed by atoms with E-state index >= 15 is 0 Å². The van der Waals surface area contributed by atoms with Crippen LogP contribution in [0, 0.1) is 13.8 Å². The quantitative estimate of drug-likeness (QED) is 0.460. The van der Waals surface area contributed by atoms with E-state index in [9.17, 15) is 13.2 Å². The molecule has 1 aliphatic rings. The molecule has 0 saturated heterocycles. The fourth-order valence-corrected chi connectivity index (χ4v) is 6.11. The lowest BCUT2D eigenvalue weighted by atomic mass is 9.89. The number of carbonyl (C=O) groups is 1. The lowest BCUT2D eigenvalue weighted by Gasteiger charge is -2.38. The van der Waals surface area contributed by atoms with Crippen LogP contribution in [-0.2, 0) is 21.2 Å². The van der Waals surface area contributed by atoms with Gasteiger partial charge < -0.3 is 10.1 Å². The Bertz CT molecular complexity index is 1360. The number of anilines is 1. The Morgan fingerprint density at radius 3 is 2.39 bits per heavy atom. The summed E-state index contributed by atoms with van der Waals surface area (Å²) in [4.78, 5) is 13.6. The molecule has 0 aromatic heterocycles. The highest BCUT2D eigenvalue weighted by Gasteiger charge is 2.36. The molecule has 0 fully saturated rings. The molecule has 1 aliphatic heterocycles.